The van der Waals surface area contributed by atoms with Crippen molar-refractivity contribution in [2.75, 3.05) is 0 Å². The fourth-order valence-electron chi connectivity index (χ4n) is 4.87. The topological polar surface area (TPSA) is 77.8 Å². The van der Waals surface area contributed by atoms with Crippen LogP contribution in [-0.4, -0.2) is 33.5 Å². The first-order valence-electron chi connectivity index (χ1n) is 9.05. The number of aliphatic hydroxyl groups is 2. The van der Waals surface area contributed by atoms with Gasteiger partial charge in [0.05, 0.1) is 18.6 Å². The highest BCUT2D eigenvalue weighted by Crippen LogP contribution is 2.48. The summed E-state index contributed by atoms with van der Waals surface area (Å²) >= 11 is 0. The van der Waals surface area contributed by atoms with Crippen molar-refractivity contribution in [1.82, 2.24) is 0 Å². The van der Waals surface area contributed by atoms with Gasteiger partial charge in [-0.2, -0.15) is 0 Å². The van der Waals surface area contributed by atoms with E-state index in [2.05, 4.69) is 6.92 Å². The molecule has 2 fully saturated rings. The Morgan fingerprint density at radius 1 is 1.09 bits per heavy atom. The summed E-state index contributed by atoms with van der Waals surface area (Å²) in [5.41, 5.74) is 0. The van der Waals surface area contributed by atoms with Crippen molar-refractivity contribution >= 4 is 5.97 Å². The maximum Gasteiger partial charge on any atom is 0.305 e. The predicted octanol–water partition coefficient (Wildman–Crippen LogP) is 3.21. The van der Waals surface area contributed by atoms with Crippen LogP contribution in [0.1, 0.15) is 71.1 Å². The van der Waals surface area contributed by atoms with Crippen molar-refractivity contribution in [2.45, 2.75) is 83.3 Å². The summed E-state index contributed by atoms with van der Waals surface area (Å²) in [6.45, 7) is 2.35. The van der Waals surface area contributed by atoms with E-state index in [1.165, 1.54) is 38.5 Å². The minimum atomic E-state index is -1.01. The Morgan fingerprint density at radius 2 is 1.82 bits per heavy atom. The molecular weight excluding hydrogens is 280 g/mol. The molecule has 2 rings (SSSR count). The Balaban J connectivity index is 1.79. The van der Waals surface area contributed by atoms with Gasteiger partial charge < -0.3 is 15.3 Å². The number of aliphatic carboxylic acids is 1. The second-order valence-electron chi connectivity index (χ2n) is 7.65. The molecule has 3 N–H and O–H groups in total. The van der Waals surface area contributed by atoms with Crippen LogP contribution in [0.3, 0.4) is 0 Å². The van der Waals surface area contributed by atoms with Gasteiger partial charge in [-0.05, 0) is 55.8 Å². The molecule has 0 bridgehead atoms. The van der Waals surface area contributed by atoms with Crippen molar-refractivity contribution < 1.29 is 20.1 Å². The van der Waals surface area contributed by atoms with Crippen LogP contribution in [0.2, 0.25) is 0 Å². The zero-order chi connectivity index (χ0) is 16.1. The van der Waals surface area contributed by atoms with Crippen LogP contribution < -0.4 is 0 Å². The van der Waals surface area contributed by atoms with Crippen LogP contribution in [0.15, 0.2) is 0 Å². The summed E-state index contributed by atoms with van der Waals surface area (Å²) in [6, 6.07) is 0. The first-order chi connectivity index (χ1) is 10.5. The van der Waals surface area contributed by atoms with E-state index >= 15 is 0 Å². The largest absolute Gasteiger partial charge is 0.481 e. The van der Waals surface area contributed by atoms with Gasteiger partial charge in [0.15, 0.2) is 0 Å². The Bertz CT molecular complexity index is 357. The monoisotopic (exact) mass is 312 g/mol. The molecular formula is C18H32O4. The van der Waals surface area contributed by atoms with E-state index in [4.69, 9.17) is 5.11 Å². The van der Waals surface area contributed by atoms with Gasteiger partial charge in [-0.25, -0.2) is 0 Å². The highest BCUT2D eigenvalue weighted by Gasteiger charge is 2.38. The highest BCUT2D eigenvalue weighted by atomic mass is 16.4. The lowest BCUT2D eigenvalue weighted by Gasteiger charge is -2.45. The summed E-state index contributed by atoms with van der Waals surface area (Å²) < 4.78 is 0. The number of carboxylic acids is 1. The zero-order valence-corrected chi connectivity index (χ0v) is 13.8. The van der Waals surface area contributed by atoms with Crippen molar-refractivity contribution in [3.63, 3.8) is 0 Å². The van der Waals surface area contributed by atoms with Gasteiger partial charge in [0.25, 0.3) is 0 Å². The fraction of sp³-hybridized carbons (Fsp3) is 0.944. The second-order valence-corrected chi connectivity index (χ2v) is 7.65. The number of hydrogen-bond acceptors (Lipinski definition) is 3. The van der Waals surface area contributed by atoms with E-state index in [0.717, 1.165) is 24.2 Å². The molecule has 2 aliphatic rings. The van der Waals surface area contributed by atoms with E-state index in [1.54, 1.807) is 0 Å². The Labute approximate surface area is 133 Å². The number of hydrogen-bond donors (Lipinski definition) is 3. The molecule has 0 radical (unpaired) electrons. The molecule has 0 aromatic carbocycles. The minimum absolute atomic E-state index is 0.182. The summed E-state index contributed by atoms with van der Waals surface area (Å²) in [7, 11) is 0. The van der Waals surface area contributed by atoms with Gasteiger partial charge in [-0.1, -0.05) is 32.6 Å². The average Bonchev–Trinajstić information content (AvgIpc) is 2.45. The summed E-state index contributed by atoms with van der Waals surface area (Å²) in [5, 5.41) is 28.4. The third kappa shape index (κ3) is 4.95. The fourth-order valence-corrected chi connectivity index (χ4v) is 4.87. The van der Waals surface area contributed by atoms with Crippen molar-refractivity contribution in [2.24, 2.45) is 23.7 Å². The van der Waals surface area contributed by atoms with Crippen LogP contribution in [-0.2, 0) is 4.79 Å². The smallest absolute Gasteiger partial charge is 0.305 e. The summed E-state index contributed by atoms with van der Waals surface area (Å²) in [4.78, 5) is 10.6. The molecule has 0 aliphatic heterocycles. The number of aliphatic hydroxyl groups excluding tert-OH is 2. The minimum Gasteiger partial charge on any atom is -0.481 e. The third-order valence-electron chi connectivity index (χ3n) is 6.03. The SMILES string of the molecule is CC1CCC2CCCCC2C1CCC(O)CC(O)CC(=O)O. The number of carboxylic acid groups (broad SMARTS) is 1. The Morgan fingerprint density at radius 3 is 2.55 bits per heavy atom. The van der Waals surface area contributed by atoms with E-state index < -0.39 is 18.2 Å². The third-order valence-corrected chi connectivity index (χ3v) is 6.03. The number of fused-ring (bicyclic) bond motifs is 1. The molecule has 0 heterocycles. The molecule has 22 heavy (non-hydrogen) atoms. The molecule has 0 amide bonds. The van der Waals surface area contributed by atoms with Crippen molar-refractivity contribution in [3.05, 3.63) is 0 Å². The lowest BCUT2D eigenvalue weighted by molar-refractivity contribution is -0.139. The summed E-state index contributed by atoms with van der Waals surface area (Å²) in [6.07, 6.45) is 8.25. The van der Waals surface area contributed by atoms with Crippen LogP contribution >= 0.6 is 0 Å². The van der Waals surface area contributed by atoms with Gasteiger partial charge in [0.1, 0.15) is 0 Å². The van der Waals surface area contributed by atoms with Gasteiger partial charge in [0, 0.05) is 0 Å². The standard InChI is InChI=1S/C18H32O4/c1-12-6-7-13-4-2-3-5-17(13)16(12)9-8-14(19)10-15(20)11-18(21)22/h12-17,19-20H,2-11H2,1H3,(H,21,22). The van der Waals surface area contributed by atoms with E-state index in [-0.39, 0.29) is 12.8 Å². The van der Waals surface area contributed by atoms with Crippen LogP contribution in [0.4, 0.5) is 0 Å². The van der Waals surface area contributed by atoms with E-state index in [0.29, 0.717) is 12.3 Å². The molecule has 128 valence electrons. The molecule has 6 atom stereocenters. The molecule has 0 spiro atoms. The highest BCUT2D eigenvalue weighted by molar-refractivity contribution is 5.67. The maximum atomic E-state index is 10.6. The van der Waals surface area contributed by atoms with Gasteiger partial charge in [0.2, 0.25) is 0 Å². The quantitative estimate of drug-likeness (QED) is 0.674. The number of carbonyl (C=O) groups is 1. The second kappa shape index (κ2) is 8.30. The van der Waals surface area contributed by atoms with Gasteiger partial charge in [-0.15, -0.1) is 0 Å². The molecule has 4 heteroatoms. The van der Waals surface area contributed by atoms with Gasteiger partial charge >= 0.3 is 5.97 Å². The average molecular weight is 312 g/mol. The maximum absolute atomic E-state index is 10.6. The lowest BCUT2D eigenvalue weighted by atomic mass is 9.61. The molecule has 6 unspecified atom stereocenters. The van der Waals surface area contributed by atoms with E-state index in [1.807, 2.05) is 0 Å². The molecule has 2 saturated carbocycles. The van der Waals surface area contributed by atoms with Gasteiger partial charge in [-0.3, -0.25) is 4.79 Å². The first kappa shape index (κ1) is 17.7. The predicted molar refractivity (Wildman–Crippen MR) is 85.5 cm³/mol. The van der Waals surface area contributed by atoms with Crippen LogP contribution in [0, 0.1) is 23.7 Å². The molecule has 0 aromatic heterocycles. The molecule has 0 saturated heterocycles. The zero-order valence-electron chi connectivity index (χ0n) is 13.8. The van der Waals surface area contributed by atoms with E-state index in [9.17, 15) is 15.0 Å². The first-order valence-corrected chi connectivity index (χ1v) is 9.05. The van der Waals surface area contributed by atoms with Crippen LogP contribution in [0.5, 0.6) is 0 Å². The van der Waals surface area contributed by atoms with Crippen molar-refractivity contribution in [3.8, 4) is 0 Å². The Kier molecular flexibility index (Phi) is 6.69. The lowest BCUT2D eigenvalue weighted by Crippen LogP contribution is -2.36. The van der Waals surface area contributed by atoms with Crippen LogP contribution in [0.25, 0.3) is 0 Å². The number of rotatable bonds is 7. The Hall–Kier alpha value is -0.610. The molecule has 4 nitrogen and oxygen atoms in total. The normalized spacial score (nSPS) is 34.7. The molecule has 2 aliphatic carbocycles. The molecule has 0 aromatic rings. The van der Waals surface area contributed by atoms with Crippen molar-refractivity contribution in [1.29, 1.82) is 0 Å². The summed E-state index contributed by atoms with van der Waals surface area (Å²) in [5.74, 6) is 2.14.